The van der Waals surface area contributed by atoms with E-state index in [0.29, 0.717) is 30.8 Å². The van der Waals surface area contributed by atoms with Crippen molar-refractivity contribution < 1.29 is 14.3 Å². The Morgan fingerprint density at radius 1 is 1.20 bits per heavy atom. The number of carbonyl (C=O) groups excluding carboxylic acids is 2. The van der Waals surface area contributed by atoms with Crippen LogP contribution in [0.1, 0.15) is 27.9 Å². The molecule has 1 aliphatic rings. The summed E-state index contributed by atoms with van der Waals surface area (Å²) in [6.07, 6.45) is 1.36. The van der Waals surface area contributed by atoms with Crippen LogP contribution in [0.5, 0.6) is 0 Å². The Morgan fingerprint density at radius 2 is 1.92 bits per heavy atom. The van der Waals surface area contributed by atoms with Crippen molar-refractivity contribution in [2.45, 2.75) is 19.3 Å². The quantitative estimate of drug-likeness (QED) is 0.878. The molecule has 0 bridgehead atoms. The highest BCUT2D eigenvalue weighted by molar-refractivity contribution is 6.30. The number of hydrogen-bond acceptors (Lipinski definition) is 3. The lowest BCUT2D eigenvalue weighted by Gasteiger charge is -2.28. The van der Waals surface area contributed by atoms with E-state index in [0.717, 1.165) is 16.7 Å². The lowest BCUT2D eigenvalue weighted by atomic mass is 9.75. The van der Waals surface area contributed by atoms with Crippen molar-refractivity contribution in [2.24, 2.45) is 5.41 Å². The number of carbonyl (C=O) groups is 2. The number of benzene rings is 2. The van der Waals surface area contributed by atoms with Gasteiger partial charge in [-0.3, -0.25) is 4.79 Å². The minimum atomic E-state index is -0.557. The molecule has 2 aromatic rings. The highest BCUT2D eigenvalue weighted by Crippen LogP contribution is 2.42. The first-order chi connectivity index (χ1) is 12.0. The fourth-order valence-corrected chi connectivity index (χ4v) is 3.65. The molecule has 1 N–H and O–H groups in total. The van der Waals surface area contributed by atoms with Crippen molar-refractivity contribution >= 4 is 23.5 Å². The second-order valence-electron chi connectivity index (χ2n) is 6.41. The molecule has 1 aliphatic carbocycles. The summed E-state index contributed by atoms with van der Waals surface area (Å²) in [5.41, 5.74) is 2.36. The van der Waals surface area contributed by atoms with Gasteiger partial charge in [0.05, 0.1) is 7.11 Å². The van der Waals surface area contributed by atoms with Gasteiger partial charge in [-0.25, -0.2) is 4.79 Å². The number of ketones is 1. The molecule has 130 valence electrons. The minimum Gasteiger partial charge on any atom is -0.453 e. The largest absolute Gasteiger partial charge is 0.453 e. The van der Waals surface area contributed by atoms with Gasteiger partial charge in [0.1, 0.15) is 0 Å². The van der Waals surface area contributed by atoms with Gasteiger partial charge in [0.15, 0.2) is 5.78 Å². The fraction of sp³-hybridized carbons (Fsp3) is 0.300. The second-order valence-corrected chi connectivity index (χ2v) is 6.85. The summed E-state index contributed by atoms with van der Waals surface area (Å²) >= 11 is 5.97. The van der Waals surface area contributed by atoms with E-state index in [9.17, 15) is 9.59 Å². The van der Waals surface area contributed by atoms with Gasteiger partial charge in [0.25, 0.3) is 0 Å². The predicted molar refractivity (Wildman–Crippen MR) is 97.1 cm³/mol. The number of ether oxygens (including phenoxy) is 1. The molecular weight excluding hydrogens is 338 g/mol. The minimum absolute atomic E-state index is 0.143. The normalized spacial score (nSPS) is 18.7. The van der Waals surface area contributed by atoms with E-state index >= 15 is 0 Å². The summed E-state index contributed by atoms with van der Waals surface area (Å²) in [6, 6.07) is 15.3. The van der Waals surface area contributed by atoms with Crippen molar-refractivity contribution in [1.29, 1.82) is 0 Å². The molecule has 5 heteroatoms. The summed E-state index contributed by atoms with van der Waals surface area (Å²) < 4.78 is 4.62. The van der Waals surface area contributed by atoms with Crippen LogP contribution >= 0.6 is 11.6 Å². The number of Topliss-reactive ketones (excluding diaryl/α,β-unsaturated/α-hetero) is 1. The summed E-state index contributed by atoms with van der Waals surface area (Å²) in [5.74, 6) is 0.143. The smallest absolute Gasteiger partial charge is 0.406 e. The first kappa shape index (κ1) is 17.5. The van der Waals surface area contributed by atoms with Crippen LogP contribution in [-0.4, -0.2) is 25.5 Å². The Morgan fingerprint density at radius 3 is 2.60 bits per heavy atom. The van der Waals surface area contributed by atoms with Gasteiger partial charge < -0.3 is 10.1 Å². The van der Waals surface area contributed by atoms with Crippen LogP contribution in [-0.2, 0) is 17.6 Å². The van der Waals surface area contributed by atoms with Gasteiger partial charge in [-0.2, -0.15) is 0 Å². The molecule has 0 unspecified atom stereocenters. The van der Waals surface area contributed by atoms with Crippen LogP contribution in [0, 0.1) is 5.41 Å². The maximum atomic E-state index is 13.2. The molecule has 2 aromatic carbocycles. The SMILES string of the molecule is COC(=O)NCC[C@@]1(Cc2ccc(Cl)cc2)Cc2ccccc2C1=O. The van der Waals surface area contributed by atoms with E-state index in [4.69, 9.17) is 11.6 Å². The third kappa shape index (κ3) is 3.69. The van der Waals surface area contributed by atoms with Crippen LogP contribution in [0.4, 0.5) is 4.79 Å². The van der Waals surface area contributed by atoms with Crippen molar-refractivity contribution in [2.75, 3.05) is 13.7 Å². The van der Waals surface area contributed by atoms with Gasteiger partial charge in [-0.15, -0.1) is 0 Å². The monoisotopic (exact) mass is 357 g/mol. The maximum Gasteiger partial charge on any atom is 0.406 e. The van der Waals surface area contributed by atoms with Gasteiger partial charge in [0, 0.05) is 22.5 Å². The molecule has 0 spiro atoms. The summed E-state index contributed by atoms with van der Waals surface area (Å²) in [5, 5.41) is 3.36. The molecule has 0 heterocycles. The van der Waals surface area contributed by atoms with Crippen LogP contribution in [0.25, 0.3) is 0 Å². The molecule has 1 amide bonds. The lowest BCUT2D eigenvalue weighted by Crippen LogP contribution is -2.36. The zero-order valence-corrected chi connectivity index (χ0v) is 14.8. The first-order valence-electron chi connectivity index (χ1n) is 8.23. The summed E-state index contributed by atoms with van der Waals surface area (Å²) in [6.45, 7) is 0.389. The van der Waals surface area contributed by atoms with E-state index in [2.05, 4.69) is 10.1 Å². The second kappa shape index (κ2) is 7.28. The maximum absolute atomic E-state index is 13.2. The summed E-state index contributed by atoms with van der Waals surface area (Å²) in [4.78, 5) is 24.5. The van der Waals surface area contributed by atoms with Crippen LogP contribution in [0.15, 0.2) is 48.5 Å². The van der Waals surface area contributed by atoms with Gasteiger partial charge in [-0.1, -0.05) is 48.0 Å². The molecule has 0 aromatic heterocycles. The highest BCUT2D eigenvalue weighted by atomic mass is 35.5. The van der Waals surface area contributed by atoms with Crippen molar-refractivity contribution in [3.8, 4) is 0 Å². The number of fused-ring (bicyclic) bond motifs is 1. The van der Waals surface area contributed by atoms with E-state index in [1.165, 1.54) is 7.11 Å². The van der Waals surface area contributed by atoms with Gasteiger partial charge >= 0.3 is 6.09 Å². The highest BCUT2D eigenvalue weighted by Gasteiger charge is 2.44. The van der Waals surface area contributed by atoms with E-state index < -0.39 is 11.5 Å². The molecule has 0 aliphatic heterocycles. The topological polar surface area (TPSA) is 55.4 Å². The molecule has 1 atom stereocenters. The van der Waals surface area contributed by atoms with Crippen LogP contribution in [0.3, 0.4) is 0 Å². The number of nitrogens with one attached hydrogen (secondary N) is 1. The van der Waals surface area contributed by atoms with E-state index in [1.54, 1.807) is 0 Å². The van der Waals surface area contributed by atoms with Gasteiger partial charge in [0.2, 0.25) is 0 Å². The molecule has 25 heavy (non-hydrogen) atoms. The Hall–Kier alpha value is -2.33. The Kier molecular flexibility index (Phi) is 5.09. The molecule has 3 rings (SSSR count). The molecule has 0 saturated heterocycles. The van der Waals surface area contributed by atoms with Crippen molar-refractivity contribution in [3.05, 3.63) is 70.2 Å². The molecule has 4 nitrogen and oxygen atoms in total. The van der Waals surface area contributed by atoms with E-state index in [1.807, 2.05) is 48.5 Å². The fourth-order valence-electron chi connectivity index (χ4n) is 3.53. The standard InChI is InChI=1S/C20H20ClNO3/c1-25-19(24)22-11-10-20(12-14-6-8-16(21)9-7-14)13-15-4-2-3-5-17(15)18(20)23/h2-9H,10-13H2,1H3,(H,22,24)/t20-/m1/s1. The Bertz CT molecular complexity index is 788. The number of amides is 1. The van der Waals surface area contributed by atoms with Gasteiger partial charge in [-0.05, 0) is 42.5 Å². The Balaban J connectivity index is 1.85. The number of hydrogen-bond donors (Lipinski definition) is 1. The first-order valence-corrected chi connectivity index (χ1v) is 8.61. The summed E-state index contributed by atoms with van der Waals surface area (Å²) in [7, 11) is 1.33. The third-order valence-electron chi connectivity index (χ3n) is 4.79. The molecule has 0 saturated carbocycles. The molecule has 0 radical (unpaired) electrons. The number of halogens is 1. The van der Waals surface area contributed by atoms with E-state index in [-0.39, 0.29) is 5.78 Å². The zero-order chi connectivity index (χ0) is 17.9. The number of alkyl carbamates (subject to hydrolysis) is 1. The average Bonchev–Trinajstić information content (AvgIpc) is 2.89. The van der Waals surface area contributed by atoms with Crippen molar-refractivity contribution in [3.63, 3.8) is 0 Å². The van der Waals surface area contributed by atoms with Crippen LogP contribution in [0.2, 0.25) is 5.02 Å². The molecule has 0 fully saturated rings. The number of methoxy groups -OCH3 is 1. The molecular formula is C20H20ClNO3. The third-order valence-corrected chi connectivity index (χ3v) is 5.04. The van der Waals surface area contributed by atoms with Crippen LogP contribution < -0.4 is 5.32 Å². The number of rotatable bonds is 5. The predicted octanol–water partition coefficient (Wildman–Crippen LogP) is 4.05. The zero-order valence-electron chi connectivity index (χ0n) is 14.0. The Labute approximate surface area is 152 Å². The van der Waals surface area contributed by atoms with Crippen molar-refractivity contribution in [1.82, 2.24) is 5.32 Å². The lowest BCUT2D eigenvalue weighted by molar-refractivity contribution is 0.0801. The average molecular weight is 358 g/mol.